The van der Waals surface area contributed by atoms with Crippen molar-refractivity contribution in [3.05, 3.63) is 0 Å². The van der Waals surface area contributed by atoms with Gasteiger partial charge >= 0.3 is 0 Å². The number of hydrogen-bond donors (Lipinski definition) is 1. The Morgan fingerprint density at radius 3 is 2.44 bits per heavy atom. The Bertz CT molecular complexity index is 126. The van der Waals surface area contributed by atoms with Gasteiger partial charge in [0.2, 0.25) is 5.91 Å². The molecule has 0 unspecified atom stereocenters. The Morgan fingerprint density at radius 2 is 2.11 bits per heavy atom. The summed E-state index contributed by atoms with van der Waals surface area (Å²) in [5, 5.41) is 2.38. The van der Waals surface area contributed by atoms with E-state index in [4.69, 9.17) is 5.73 Å². The van der Waals surface area contributed by atoms with E-state index in [0.717, 1.165) is 0 Å². The first kappa shape index (κ1) is 8.42. The first-order valence-corrected chi connectivity index (χ1v) is 3.36. The lowest BCUT2D eigenvalue weighted by molar-refractivity contribution is -0.123. The van der Waals surface area contributed by atoms with E-state index in [1.807, 2.05) is 0 Å². The van der Waals surface area contributed by atoms with Gasteiger partial charge in [0.1, 0.15) is 0 Å². The number of amides is 2. The molecule has 51 valence electrons. The van der Waals surface area contributed by atoms with E-state index in [1.54, 1.807) is 0 Å². The van der Waals surface area contributed by atoms with E-state index in [2.05, 4.69) is 21.2 Å². The minimum absolute atomic E-state index is 0.167. The molecule has 0 aliphatic carbocycles. The number of rotatable bonds is 3. The predicted octanol–water partition coefficient (Wildman–Crippen LogP) is -0.693. The van der Waals surface area contributed by atoms with Crippen LogP contribution in [0.5, 0.6) is 0 Å². The lowest BCUT2D eigenvalue weighted by atomic mass is 10.6. The highest BCUT2D eigenvalue weighted by Crippen LogP contribution is 1.76. The quantitative estimate of drug-likeness (QED) is 0.604. The summed E-state index contributed by atoms with van der Waals surface area (Å²) in [5.74, 6) is -1.07. The minimum Gasteiger partial charge on any atom is -0.346 e. The van der Waals surface area contributed by atoms with Crippen molar-refractivity contribution in [2.24, 2.45) is 0 Å². The molecule has 0 aromatic heterocycles. The van der Waals surface area contributed by atoms with Gasteiger partial charge in [0, 0.05) is 0 Å². The fourth-order valence-electron chi connectivity index (χ4n) is 0.226. The van der Waals surface area contributed by atoms with E-state index in [1.165, 1.54) is 0 Å². The zero-order valence-corrected chi connectivity index (χ0v) is 6.19. The third-order valence-electron chi connectivity index (χ3n) is 0.567. The molecule has 0 spiro atoms. The third-order valence-corrected chi connectivity index (χ3v) is 1.08. The SMILES string of the molecule is [NH]C(=O)CNC(=O)CBr. The highest BCUT2D eigenvalue weighted by molar-refractivity contribution is 9.09. The largest absolute Gasteiger partial charge is 0.346 e. The van der Waals surface area contributed by atoms with Crippen LogP contribution in [0.4, 0.5) is 0 Å². The van der Waals surface area contributed by atoms with Crippen molar-refractivity contribution in [3.8, 4) is 0 Å². The molecule has 0 heterocycles. The summed E-state index contributed by atoms with van der Waals surface area (Å²) in [5.41, 5.74) is 6.38. The number of alkyl halides is 1. The van der Waals surface area contributed by atoms with Gasteiger partial charge in [0.05, 0.1) is 11.9 Å². The lowest BCUT2D eigenvalue weighted by Gasteiger charge is -1.95. The van der Waals surface area contributed by atoms with Crippen LogP contribution >= 0.6 is 15.9 Å². The molecule has 0 atom stereocenters. The van der Waals surface area contributed by atoms with E-state index in [-0.39, 0.29) is 17.8 Å². The first-order chi connectivity index (χ1) is 4.16. The van der Waals surface area contributed by atoms with Crippen LogP contribution in [0.25, 0.3) is 0 Å². The molecule has 0 fully saturated rings. The molecule has 0 saturated carbocycles. The van der Waals surface area contributed by atoms with E-state index >= 15 is 0 Å². The second-order valence-corrected chi connectivity index (χ2v) is 1.89. The number of carbonyl (C=O) groups is 2. The number of nitrogens with one attached hydrogen (secondary N) is 2. The van der Waals surface area contributed by atoms with Gasteiger partial charge in [-0.15, -0.1) is 0 Å². The zero-order chi connectivity index (χ0) is 7.28. The topological polar surface area (TPSA) is 70.0 Å². The average Bonchev–Trinajstić information content (AvgIpc) is 1.83. The Kier molecular flexibility index (Phi) is 4.04. The van der Waals surface area contributed by atoms with Crippen LogP contribution in [0.2, 0.25) is 0 Å². The Morgan fingerprint density at radius 1 is 1.56 bits per heavy atom. The lowest BCUT2D eigenvalue weighted by Crippen LogP contribution is -2.30. The van der Waals surface area contributed by atoms with E-state index in [9.17, 15) is 9.59 Å². The smallest absolute Gasteiger partial charge is 0.257 e. The molecule has 0 rings (SSSR count). The molecule has 0 aromatic carbocycles. The van der Waals surface area contributed by atoms with Gasteiger partial charge in [-0.25, -0.2) is 0 Å². The second-order valence-electron chi connectivity index (χ2n) is 1.33. The Hall–Kier alpha value is -0.580. The molecular weight excluding hydrogens is 188 g/mol. The predicted molar refractivity (Wildman–Crippen MR) is 34.9 cm³/mol. The Balaban J connectivity index is 3.28. The summed E-state index contributed by atoms with van der Waals surface area (Å²) >= 11 is 2.88. The monoisotopic (exact) mass is 193 g/mol. The third kappa shape index (κ3) is 5.29. The number of carbonyl (C=O) groups excluding carboxylic acids is 2. The maximum Gasteiger partial charge on any atom is 0.257 e. The fraction of sp³-hybridized carbons (Fsp3) is 0.500. The fourth-order valence-corrected chi connectivity index (χ4v) is 0.424. The van der Waals surface area contributed by atoms with Crippen LogP contribution in [-0.4, -0.2) is 23.7 Å². The van der Waals surface area contributed by atoms with E-state index < -0.39 is 5.91 Å². The second kappa shape index (κ2) is 4.31. The number of halogens is 1. The summed E-state index contributed by atoms with van der Waals surface area (Å²) in [6, 6.07) is 0. The molecular formula is C4H6BrN2O2. The van der Waals surface area contributed by atoms with Crippen LogP contribution in [-0.2, 0) is 9.59 Å². The minimum atomic E-state index is -0.788. The standard InChI is InChI=1S/C4H6BrN2O2/c5-1-4(9)7-2-3(6)8/h6H,1-2H2,(H,7,9). The van der Waals surface area contributed by atoms with Crippen LogP contribution < -0.4 is 11.1 Å². The van der Waals surface area contributed by atoms with Crippen molar-refractivity contribution in [1.29, 1.82) is 0 Å². The van der Waals surface area contributed by atoms with Crippen LogP contribution in [0.1, 0.15) is 0 Å². The molecule has 0 bridgehead atoms. The highest BCUT2D eigenvalue weighted by Gasteiger charge is 1.98. The van der Waals surface area contributed by atoms with Crippen molar-refractivity contribution < 1.29 is 9.59 Å². The first-order valence-electron chi connectivity index (χ1n) is 2.24. The molecule has 4 nitrogen and oxygen atoms in total. The summed E-state index contributed by atoms with van der Waals surface area (Å²) in [7, 11) is 0. The molecule has 0 saturated heterocycles. The average molecular weight is 194 g/mol. The van der Waals surface area contributed by atoms with Crippen molar-refractivity contribution >= 4 is 27.7 Å². The summed E-state index contributed by atoms with van der Waals surface area (Å²) in [4.78, 5) is 20.2. The van der Waals surface area contributed by atoms with E-state index in [0.29, 0.717) is 0 Å². The molecule has 2 N–H and O–H groups in total. The van der Waals surface area contributed by atoms with Gasteiger partial charge in [-0.05, 0) is 0 Å². The summed E-state index contributed by atoms with van der Waals surface area (Å²) in [6.45, 7) is -0.204. The van der Waals surface area contributed by atoms with Crippen LogP contribution in [0, 0.1) is 0 Å². The van der Waals surface area contributed by atoms with Gasteiger partial charge in [-0.2, -0.15) is 0 Å². The van der Waals surface area contributed by atoms with Crippen LogP contribution in [0.15, 0.2) is 0 Å². The van der Waals surface area contributed by atoms with Gasteiger partial charge in [0.15, 0.2) is 0 Å². The van der Waals surface area contributed by atoms with Crippen LogP contribution in [0.3, 0.4) is 0 Å². The van der Waals surface area contributed by atoms with Gasteiger partial charge < -0.3 is 5.32 Å². The van der Waals surface area contributed by atoms with Gasteiger partial charge in [0.25, 0.3) is 5.91 Å². The zero-order valence-electron chi connectivity index (χ0n) is 4.61. The Labute approximate surface area is 60.9 Å². The van der Waals surface area contributed by atoms with Gasteiger partial charge in [-0.3, -0.25) is 15.3 Å². The molecule has 0 aliphatic rings. The molecule has 9 heavy (non-hydrogen) atoms. The summed E-state index contributed by atoms with van der Waals surface area (Å²) in [6.07, 6.45) is 0. The normalized spacial score (nSPS) is 8.56. The maximum absolute atomic E-state index is 10.3. The van der Waals surface area contributed by atoms with Gasteiger partial charge in [-0.1, -0.05) is 15.9 Å². The van der Waals surface area contributed by atoms with Crippen molar-refractivity contribution in [2.45, 2.75) is 0 Å². The molecule has 1 radical (unpaired) electrons. The molecule has 0 aliphatic heterocycles. The molecule has 5 heteroatoms. The summed E-state index contributed by atoms with van der Waals surface area (Å²) < 4.78 is 0. The maximum atomic E-state index is 10.3. The molecule has 0 aromatic rings. The van der Waals surface area contributed by atoms with Crippen molar-refractivity contribution in [1.82, 2.24) is 11.1 Å². The molecule has 2 amide bonds. The van der Waals surface area contributed by atoms with Crippen molar-refractivity contribution in [2.75, 3.05) is 11.9 Å². The number of hydrogen-bond acceptors (Lipinski definition) is 2. The highest BCUT2D eigenvalue weighted by atomic mass is 79.9. The van der Waals surface area contributed by atoms with Crippen molar-refractivity contribution in [3.63, 3.8) is 0 Å².